The van der Waals surface area contributed by atoms with Crippen LogP contribution >= 0.6 is 0 Å². The van der Waals surface area contributed by atoms with Gasteiger partial charge in [0.25, 0.3) is 0 Å². The summed E-state index contributed by atoms with van der Waals surface area (Å²) in [6, 6.07) is 10.7. The molecule has 0 amide bonds. The van der Waals surface area contributed by atoms with Crippen molar-refractivity contribution in [3.8, 4) is 0 Å². The summed E-state index contributed by atoms with van der Waals surface area (Å²) in [5.74, 6) is 0. The van der Waals surface area contributed by atoms with Crippen molar-refractivity contribution in [2.45, 2.75) is 53.0 Å². The van der Waals surface area contributed by atoms with Crippen LogP contribution in [0.1, 0.15) is 53.0 Å². The van der Waals surface area contributed by atoms with E-state index < -0.39 is 0 Å². The average Bonchev–Trinajstić information content (AvgIpc) is 2.50. The molecule has 0 saturated heterocycles. The number of hydrogen-bond donors (Lipinski definition) is 2. The lowest BCUT2D eigenvalue weighted by molar-refractivity contribution is 0.316. The Bertz CT molecular complexity index is 253. The highest BCUT2D eigenvalue weighted by molar-refractivity contribution is 5.24. The normalized spacial score (nSPS) is 9.72. The molecular formula is C16H32N2. The minimum atomic E-state index is 0.177. The fraction of sp³-hybridized carbons (Fsp3) is 0.625. The average molecular weight is 252 g/mol. The molecule has 18 heavy (non-hydrogen) atoms. The molecule has 0 unspecified atom stereocenters. The second-order valence-corrected chi connectivity index (χ2v) is 3.69. The van der Waals surface area contributed by atoms with Crippen molar-refractivity contribution in [3.63, 3.8) is 0 Å². The molecule has 0 aliphatic rings. The molecule has 0 aliphatic heterocycles. The van der Waals surface area contributed by atoms with Crippen molar-refractivity contribution in [1.29, 1.82) is 0 Å². The predicted octanol–water partition coefficient (Wildman–Crippen LogP) is 3.91. The second-order valence-electron chi connectivity index (χ2n) is 3.69. The van der Waals surface area contributed by atoms with Gasteiger partial charge in [-0.1, -0.05) is 65.0 Å². The van der Waals surface area contributed by atoms with Crippen LogP contribution in [0, 0.1) is 0 Å². The molecule has 0 atom stereocenters. The SMILES string of the molecule is CC.CCNC(CC)(CC)c1ccccc1.CN. The highest BCUT2D eigenvalue weighted by atomic mass is 15.0. The molecule has 1 aromatic rings. The number of hydrogen-bond acceptors (Lipinski definition) is 2. The Morgan fingerprint density at radius 2 is 1.39 bits per heavy atom. The summed E-state index contributed by atoms with van der Waals surface area (Å²) in [6.07, 6.45) is 2.28. The van der Waals surface area contributed by atoms with E-state index in [9.17, 15) is 0 Å². The van der Waals surface area contributed by atoms with Crippen molar-refractivity contribution in [1.82, 2.24) is 5.32 Å². The van der Waals surface area contributed by atoms with Gasteiger partial charge in [0.1, 0.15) is 0 Å². The van der Waals surface area contributed by atoms with E-state index in [4.69, 9.17) is 0 Å². The van der Waals surface area contributed by atoms with Crippen LogP contribution in [0.15, 0.2) is 30.3 Å². The third-order valence-corrected chi connectivity index (χ3v) is 3.05. The van der Waals surface area contributed by atoms with E-state index in [1.807, 2.05) is 13.8 Å². The molecule has 0 saturated carbocycles. The van der Waals surface area contributed by atoms with Crippen LogP contribution in [-0.2, 0) is 5.54 Å². The molecule has 0 spiro atoms. The predicted molar refractivity (Wildman–Crippen MR) is 83.8 cm³/mol. The standard InChI is InChI=1S/C13H21N.C2H6.CH5N/c1-4-13(5-2,14-6-3)12-10-8-7-9-11-12;2*1-2/h7-11,14H,4-6H2,1-3H3;1-2H3;2H2,1H3. The first-order chi connectivity index (χ1) is 8.79. The van der Waals surface area contributed by atoms with E-state index in [0.717, 1.165) is 19.4 Å². The molecule has 0 bridgehead atoms. The summed E-state index contributed by atoms with van der Waals surface area (Å²) in [4.78, 5) is 0. The summed E-state index contributed by atoms with van der Waals surface area (Å²) in [5, 5.41) is 3.61. The van der Waals surface area contributed by atoms with E-state index >= 15 is 0 Å². The van der Waals surface area contributed by atoms with Gasteiger partial charge in [-0.15, -0.1) is 0 Å². The number of rotatable bonds is 5. The quantitative estimate of drug-likeness (QED) is 0.833. The van der Waals surface area contributed by atoms with Gasteiger partial charge in [0.15, 0.2) is 0 Å². The molecule has 2 nitrogen and oxygen atoms in total. The molecular weight excluding hydrogens is 220 g/mol. The second kappa shape index (κ2) is 12.6. The Balaban J connectivity index is 0. The molecule has 0 aliphatic carbocycles. The van der Waals surface area contributed by atoms with Gasteiger partial charge in [-0.2, -0.15) is 0 Å². The highest BCUT2D eigenvalue weighted by Gasteiger charge is 2.26. The van der Waals surface area contributed by atoms with Gasteiger partial charge in [0, 0.05) is 5.54 Å². The van der Waals surface area contributed by atoms with Crippen molar-refractivity contribution in [2.24, 2.45) is 5.73 Å². The van der Waals surface area contributed by atoms with Crippen molar-refractivity contribution in [2.75, 3.05) is 13.6 Å². The first-order valence-electron chi connectivity index (χ1n) is 7.17. The zero-order valence-electron chi connectivity index (χ0n) is 13.1. The maximum atomic E-state index is 4.50. The summed E-state index contributed by atoms with van der Waals surface area (Å²) in [6.45, 7) is 11.7. The third kappa shape index (κ3) is 5.65. The lowest BCUT2D eigenvalue weighted by atomic mass is 9.85. The van der Waals surface area contributed by atoms with Crippen molar-refractivity contribution < 1.29 is 0 Å². The smallest absolute Gasteiger partial charge is 0.0429 e. The summed E-state index contributed by atoms with van der Waals surface area (Å²) >= 11 is 0. The fourth-order valence-corrected chi connectivity index (χ4v) is 2.11. The van der Waals surface area contributed by atoms with Gasteiger partial charge in [-0.3, -0.25) is 0 Å². The molecule has 0 radical (unpaired) electrons. The van der Waals surface area contributed by atoms with Gasteiger partial charge in [0.05, 0.1) is 0 Å². The van der Waals surface area contributed by atoms with Gasteiger partial charge in [-0.05, 0) is 32.0 Å². The zero-order valence-corrected chi connectivity index (χ0v) is 13.1. The summed E-state index contributed by atoms with van der Waals surface area (Å²) in [5.41, 5.74) is 6.09. The van der Waals surface area contributed by atoms with Crippen molar-refractivity contribution >= 4 is 0 Å². The van der Waals surface area contributed by atoms with E-state index in [-0.39, 0.29) is 5.54 Å². The van der Waals surface area contributed by atoms with Crippen LogP contribution in [0.25, 0.3) is 0 Å². The Labute approximate surface area is 114 Å². The lowest BCUT2D eigenvalue weighted by Gasteiger charge is -2.33. The van der Waals surface area contributed by atoms with Gasteiger partial charge in [-0.25, -0.2) is 0 Å². The Hall–Kier alpha value is -0.860. The van der Waals surface area contributed by atoms with Crippen LogP contribution in [0.4, 0.5) is 0 Å². The number of nitrogens with one attached hydrogen (secondary N) is 1. The number of nitrogens with two attached hydrogens (primary N) is 1. The first kappa shape index (κ1) is 19.5. The molecule has 1 rings (SSSR count). The lowest BCUT2D eigenvalue weighted by Crippen LogP contribution is -2.41. The maximum absolute atomic E-state index is 4.50. The molecule has 3 N–H and O–H groups in total. The maximum Gasteiger partial charge on any atom is 0.0429 e. The van der Waals surface area contributed by atoms with E-state index in [1.165, 1.54) is 12.6 Å². The van der Waals surface area contributed by atoms with Crippen LogP contribution < -0.4 is 11.1 Å². The third-order valence-electron chi connectivity index (χ3n) is 3.05. The summed E-state index contributed by atoms with van der Waals surface area (Å²) in [7, 11) is 1.50. The molecule has 2 heteroatoms. The molecule has 1 aromatic carbocycles. The van der Waals surface area contributed by atoms with Gasteiger partial charge in [0.2, 0.25) is 0 Å². The topological polar surface area (TPSA) is 38.0 Å². The molecule has 0 aromatic heterocycles. The Morgan fingerprint density at radius 3 is 1.72 bits per heavy atom. The van der Waals surface area contributed by atoms with E-state index in [2.05, 4.69) is 62.2 Å². The molecule has 0 fully saturated rings. The van der Waals surface area contributed by atoms with Crippen LogP contribution in [0.3, 0.4) is 0 Å². The Kier molecular flexibility index (Phi) is 13.6. The highest BCUT2D eigenvalue weighted by Crippen LogP contribution is 2.28. The zero-order chi connectivity index (χ0) is 14.4. The summed E-state index contributed by atoms with van der Waals surface area (Å²) < 4.78 is 0. The fourth-order valence-electron chi connectivity index (χ4n) is 2.11. The Morgan fingerprint density at radius 1 is 0.944 bits per heavy atom. The van der Waals surface area contributed by atoms with Crippen LogP contribution in [0.2, 0.25) is 0 Å². The van der Waals surface area contributed by atoms with Crippen molar-refractivity contribution in [3.05, 3.63) is 35.9 Å². The largest absolute Gasteiger partial charge is 0.333 e. The first-order valence-corrected chi connectivity index (χ1v) is 7.17. The molecule has 106 valence electrons. The minimum absolute atomic E-state index is 0.177. The van der Waals surface area contributed by atoms with Gasteiger partial charge >= 0.3 is 0 Å². The van der Waals surface area contributed by atoms with E-state index in [0.29, 0.717) is 0 Å². The molecule has 0 heterocycles. The number of benzene rings is 1. The monoisotopic (exact) mass is 252 g/mol. The van der Waals surface area contributed by atoms with Crippen LogP contribution in [-0.4, -0.2) is 13.6 Å². The van der Waals surface area contributed by atoms with Gasteiger partial charge < -0.3 is 11.1 Å². The minimum Gasteiger partial charge on any atom is -0.333 e. The van der Waals surface area contributed by atoms with E-state index in [1.54, 1.807) is 0 Å². The van der Waals surface area contributed by atoms with Crippen LogP contribution in [0.5, 0.6) is 0 Å².